The highest BCUT2D eigenvalue weighted by Gasteiger charge is 2.37. The number of rotatable bonds is 2. The fourth-order valence-electron chi connectivity index (χ4n) is 2.26. The standard InChI is InChI=1S/C13H14Br2N2O3/c1-7-5-17(6-8(7)12(18)19)13(20)16-11-9(14)3-2-4-10(11)15/h2-4,7-8H,5-6H2,1H3,(H,16,20)(H,18,19)/t7-,8-/m1/s1. The summed E-state index contributed by atoms with van der Waals surface area (Å²) in [4.78, 5) is 24.8. The summed E-state index contributed by atoms with van der Waals surface area (Å²) < 4.78 is 1.53. The van der Waals surface area contributed by atoms with Gasteiger partial charge in [0.2, 0.25) is 0 Å². The summed E-state index contributed by atoms with van der Waals surface area (Å²) in [6.45, 7) is 2.54. The molecule has 0 spiro atoms. The number of hydrogen-bond acceptors (Lipinski definition) is 2. The summed E-state index contributed by atoms with van der Waals surface area (Å²) >= 11 is 6.75. The van der Waals surface area contributed by atoms with Crippen molar-refractivity contribution >= 4 is 49.5 Å². The minimum Gasteiger partial charge on any atom is -0.481 e. The topological polar surface area (TPSA) is 69.6 Å². The molecule has 2 atom stereocenters. The van der Waals surface area contributed by atoms with Crippen molar-refractivity contribution in [3.05, 3.63) is 27.1 Å². The third-order valence-electron chi connectivity index (χ3n) is 3.41. The van der Waals surface area contributed by atoms with Crippen molar-refractivity contribution in [2.45, 2.75) is 6.92 Å². The largest absolute Gasteiger partial charge is 0.481 e. The molecule has 0 radical (unpaired) electrons. The highest BCUT2D eigenvalue weighted by molar-refractivity contribution is 9.11. The van der Waals surface area contributed by atoms with Crippen LogP contribution < -0.4 is 5.32 Å². The molecule has 0 bridgehead atoms. The molecule has 1 saturated heterocycles. The summed E-state index contributed by atoms with van der Waals surface area (Å²) in [7, 11) is 0. The molecule has 5 nitrogen and oxygen atoms in total. The molecule has 1 aromatic carbocycles. The third-order valence-corrected chi connectivity index (χ3v) is 4.73. The number of para-hydroxylation sites is 1. The Balaban J connectivity index is 2.08. The van der Waals surface area contributed by atoms with E-state index in [0.29, 0.717) is 12.2 Å². The Morgan fingerprint density at radius 2 is 1.90 bits per heavy atom. The van der Waals surface area contributed by atoms with Gasteiger partial charge in [0.15, 0.2) is 0 Å². The number of carbonyl (C=O) groups is 2. The first-order chi connectivity index (χ1) is 9.40. The van der Waals surface area contributed by atoms with Crippen LogP contribution in [0.25, 0.3) is 0 Å². The zero-order valence-electron chi connectivity index (χ0n) is 10.8. The van der Waals surface area contributed by atoms with Crippen molar-refractivity contribution in [1.29, 1.82) is 0 Å². The molecular weight excluding hydrogens is 392 g/mol. The molecule has 1 aromatic rings. The minimum atomic E-state index is -0.852. The Labute approximate surface area is 133 Å². The lowest BCUT2D eigenvalue weighted by atomic mass is 9.99. The number of carboxylic acids is 1. The van der Waals surface area contributed by atoms with Gasteiger partial charge in [0.25, 0.3) is 0 Å². The number of carbonyl (C=O) groups excluding carboxylic acids is 1. The second-order valence-electron chi connectivity index (χ2n) is 4.85. The van der Waals surface area contributed by atoms with Gasteiger partial charge in [-0.05, 0) is 49.9 Å². The van der Waals surface area contributed by atoms with Gasteiger partial charge in [0.05, 0.1) is 11.6 Å². The number of likely N-dealkylation sites (tertiary alicyclic amines) is 1. The predicted octanol–water partition coefficient (Wildman–Crippen LogP) is 3.40. The van der Waals surface area contributed by atoms with E-state index < -0.39 is 11.9 Å². The molecule has 1 heterocycles. The first-order valence-corrected chi connectivity index (χ1v) is 7.71. The van der Waals surface area contributed by atoms with Crippen molar-refractivity contribution in [3.63, 3.8) is 0 Å². The van der Waals surface area contributed by atoms with Crippen LogP contribution >= 0.6 is 31.9 Å². The summed E-state index contributed by atoms with van der Waals surface area (Å²) in [6.07, 6.45) is 0. The number of anilines is 1. The van der Waals surface area contributed by atoms with Crippen LogP contribution in [0.3, 0.4) is 0 Å². The smallest absolute Gasteiger partial charge is 0.321 e. The quantitative estimate of drug-likeness (QED) is 0.792. The zero-order chi connectivity index (χ0) is 14.9. The molecule has 2 amide bonds. The Morgan fingerprint density at radius 3 is 2.40 bits per heavy atom. The maximum Gasteiger partial charge on any atom is 0.321 e. The molecular formula is C13H14Br2N2O3. The van der Waals surface area contributed by atoms with E-state index in [9.17, 15) is 9.59 Å². The van der Waals surface area contributed by atoms with Crippen molar-refractivity contribution in [1.82, 2.24) is 4.90 Å². The lowest BCUT2D eigenvalue weighted by Gasteiger charge is -2.18. The Kier molecular flexibility index (Phi) is 4.70. The van der Waals surface area contributed by atoms with Crippen LogP contribution in [0.2, 0.25) is 0 Å². The predicted molar refractivity (Wildman–Crippen MR) is 82.7 cm³/mol. The van der Waals surface area contributed by atoms with Gasteiger partial charge in [-0.3, -0.25) is 4.79 Å². The fourth-order valence-corrected chi connectivity index (χ4v) is 3.45. The van der Waals surface area contributed by atoms with Crippen molar-refractivity contribution in [2.75, 3.05) is 18.4 Å². The van der Waals surface area contributed by atoms with Crippen LogP contribution in [0.1, 0.15) is 6.92 Å². The van der Waals surface area contributed by atoms with Gasteiger partial charge in [-0.25, -0.2) is 4.79 Å². The van der Waals surface area contributed by atoms with Crippen molar-refractivity contribution in [2.24, 2.45) is 11.8 Å². The first-order valence-electron chi connectivity index (χ1n) is 6.13. The number of urea groups is 1. The average Bonchev–Trinajstić information content (AvgIpc) is 2.76. The maximum absolute atomic E-state index is 12.2. The van der Waals surface area contributed by atoms with E-state index in [2.05, 4.69) is 37.2 Å². The van der Waals surface area contributed by atoms with E-state index in [0.717, 1.165) is 8.95 Å². The summed E-state index contributed by atoms with van der Waals surface area (Å²) in [5.41, 5.74) is 0.643. The number of halogens is 2. The zero-order valence-corrected chi connectivity index (χ0v) is 13.9. The van der Waals surface area contributed by atoms with Crippen LogP contribution in [0, 0.1) is 11.8 Å². The highest BCUT2D eigenvalue weighted by atomic mass is 79.9. The van der Waals surface area contributed by atoms with Gasteiger partial charge in [-0.1, -0.05) is 13.0 Å². The van der Waals surface area contributed by atoms with Crippen LogP contribution in [-0.2, 0) is 4.79 Å². The SMILES string of the molecule is C[C@@H]1CN(C(=O)Nc2c(Br)cccc2Br)C[C@H]1C(=O)O. The number of nitrogens with one attached hydrogen (secondary N) is 1. The van der Waals surface area contributed by atoms with Gasteiger partial charge >= 0.3 is 12.0 Å². The number of carboxylic acid groups (broad SMARTS) is 1. The normalized spacial score (nSPS) is 21.9. The number of hydrogen-bond donors (Lipinski definition) is 2. The molecule has 2 N–H and O–H groups in total. The number of aliphatic carboxylic acids is 1. The van der Waals surface area contributed by atoms with Crippen LogP contribution in [-0.4, -0.2) is 35.1 Å². The third kappa shape index (κ3) is 3.15. The van der Waals surface area contributed by atoms with E-state index in [-0.39, 0.29) is 18.5 Å². The highest BCUT2D eigenvalue weighted by Crippen LogP contribution is 2.31. The average molecular weight is 406 g/mol. The first kappa shape index (κ1) is 15.3. The molecule has 0 unspecified atom stereocenters. The number of nitrogens with zero attached hydrogens (tertiary/aromatic N) is 1. The summed E-state index contributed by atoms with van der Waals surface area (Å²) in [6, 6.07) is 5.22. The van der Waals surface area contributed by atoms with E-state index in [1.54, 1.807) is 0 Å². The molecule has 20 heavy (non-hydrogen) atoms. The molecule has 0 aliphatic carbocycles. The van der Waals surface area contributed by atoms with Gasteiger partial charge in [-0.15, -0.1) is 0 Å². The van der Waals surface area contributed by atoms with Gasteiger partial charge in [0.1, 0.15) is 0 Å². The van der Waals surface area contributed by atoms with E-state index in [4.69, 9.17) is 5.11 Å². The molecule has 1 aliphatic heterocycles. The maximum atomic E-state index is 12.2. The Hall–Kier alpha value is -1.08. The van der Waals surface area contributed by atoms with E-state index in [1.165, 1.54) is 4.90 Å². The monoisotopic (exact) mass is 404 g/mol. The van der Waals surface area contributed by atoms with Gasteiger partial charge < -0.3 is 15.3 Å². The molecule has 1 fully saturated rings. The van der Waals surface area contributed by atoms with Crippen molar-refractivity contribution in [3.8, 4) is 0 Å². The number of amides is 2. The number of benzene rings is 1. The lowest BCUT2D eigenvalue weighted by molar-refractivity contribution is -0.142. The second kappa shape index (κ2) is 6.13. The molecule has 7 heteroatoms. The Bertz CT molecular complexity index is 530. The van der Waals surface area contributed by atoms with E-state index in [1.807, 2.05) is 25.1 Å². The van der Waals surface area contributed by atoms with E-state index >= 15 is 0 Å². The van der Waals surface area contributed by atoms with Crippen LogP contribution in [0.5, 0.6) is 0 Å². The molecule has 0 saturated carbocycles. The van der Waals surface area contributed by atoms with Crippen molar-refractivity contribution < 1.29 is 14.7 Å². The second-order valence-corrected chi connectivity index (χ2v) is 6.56. The molecule has 2 rings (SSSR count). The minimum absolute atomic E-state index is 0.0408. The fraction of sp³-hybridized carbons (Fsp3) is 0.385. The molecule has 0 aromatic heterocycles. The molecule has 1 aliphatic rings. The molecule has 108 valence electrons. The summed E-state index contributed by atoms with van der Waals surface area (Å²) in [5.74, 6) is -1.39. The van der Waals surface area contributed by atoms with Crippen LogP contribution in [0.15, 0.2) is 27.1 Å². The Morgan fingerprint density at radius 1 is 1.30 bits per heavy atom. The van der Waals surface area contributed by atoms with Crippen LogP contribution in [0.4, 0.5) is 10.5 Å². The lowest BCUT2D eigenvalue weighted by Crippen LogP contribution is -2.34. The van der Waals surface area contributed by atoms with Gasteiger partial charge in [0, 0.05) is 22.0 Å². The van der Waals surface area contributed by atoms with Gasteiger partial charge in [-0.2, -0.15) is 0 Å². The summed E-state index contributed by atoms with van der Waals surface area (Å²) in [5, 5.41) is 11.9.